The van der Waals surface area contributed by atoms with Gasteiger partial charge in [-0.3, -0.25) is 4.79 Å². The van der Waals surface area contributed by atoms with Crippen LogP contribution in [0.3, 0.4) is 0 Å². The highest BCUT2D eigenvalue weighted by atomic mass is 16.5. The Bertz CT molecular complexity index is 731. The maximum Gasteiger partial charge on any atom is 0.317 e. The molecule has 2 aliphatic heterocycles. The van der Waals surface area contributed by atoms with Crippen LogP contribution >= 0.6 is 0 Å². The van der Waals surface area contributed by atoms with E-state index < -0.39 is 0 Å². The van der Waals surface area contributed by atoms with Crippen LogP contribution in [0.5, 0.6) is 0 Å². The van der Waals surface area contributed by atoms with E-state index >= 15 is 0 Å². The molecular weight excluding hydrogens is 312 g/mol. The molecule has 2 saturated heterocycles. The number of rotatable bonds is 3. The molecule has 24 heavy (non-hydrogen) atoms. The van der Waals surface area contributed by atoms with E-state index in [1.54, 1.807) is 29.4 Å². The number of hydrogen-bond acceptors (Lipinski definition) is 5. The summed E-state index contributed by atoms with van der Waals surface area (Å²) in [5, 5.41) is 6.67. The Morgan fingerprint density at radius 1 is 1.25 bits per heavy atom. The highest BCUT2D eigenvalue weighted by Crippen LogP contribution is 2.23. The van der Waals surface area contributed by atoms with Crippen LogP contribution in [-0.2, 0) is 0 Å². The van der Waals surface area contributed by atoms with Gasteiger partial charge in [-0.05, 0) is 25.0 Å². The summed E-state index contributed by atoms with van der Waals surface area (Å²) in [4.78, 5) is 27.9. The quantitative estimate of drug-likeness (QED) is 0.922. The van der Waals surface area contributed by atoms with Crippen molar-refractivity contribution in [3.63, 3.8) is 0 Å². The Hall–Kier alpha value is -2.77. The number of amides is 3. The largest absolute Gasteiger partial charge is 0.461 e. The Morgan fingerprint density at radius 3 is 2.75 bits per heavy atom. The van der Waals surface area contributed by atoms with Crippen LogP contribution in [0.2, 0.25) is 0 Å². The first kappa shape index (κ1) is 14.8. The van der Waals surface area contributed by atoms with Gasteiger partial charge in [-0.15, -0.1) is 0 Å². The molecule has 0 saturated carbocycles. The van der Waals surface area contributed by atoms with Crippen LogP contribution in [0, 0.1) is 0 Å². The zero-order chi connectivity index (χ0) is 16.5. The highest BCUT2D eigenvalue weighted by molar-refractivity contribution is 5.93. The van der Waals surface area contributed by atoms with Gasteiger partial charge in [0.25, 0.3) is 5.91 Å². The van der Waals surface area contributed by atoms with Crippen molar-refractivity contribution in [2.24, 2.45) is 0 Å². The molecule has 4 heterocycles. The molecule has 0 aromatic carbocycles. The molecule has 2 aromatic rings. The molecule has 8 nitrogen and oxygen atoms in total. The van der Waals surface area contributed by atoms with Gasteiger partial charge >= 0.3 is 6.03 Å². The summed E-state index contributed by atoms with van der Waals surface area (Å²) in [7, 11) is 0. The van der Waals surface area contributed by atoms with Crippen molar-refractivity contribution in [2.75, 3.05) is 26.2 Å². The minimum atomic E-state index is -0.152. The predicted octanol–water partition coefficient (Wildman–Crippen LogP) is 1.56. The molecule has 8 heteroatoms. The molecule has 2 aliphatic rings. The van der Waals surface area contributed by atoms with Gasteiger partial charge in [0.15, 0.2) is 11.5 Å². The molecule has 4 rings (SSSR count). The van der Waals surface area contributed by atoms with Gasteiger partial charge in [-0.25, -0.2) is 4.79 Å². The topological polar surface area (TPSA) is 91.8 Å². The van der Waals surface area contributed by atoms with E-state index in [4.69, 9.17) is 8.94 Å². The lowest BCUT2D eigenvalue weighted by Gasteiger charge is -2.35. The molecule has 3 amide bonds. The molecule has 0 aliphatic carbocycles. The number of nitrogens with zero attached hydrogens (tertiary/aromatic N) is 3. The monoisotopic (exact) mass is 330 g/mol. The molecule has 0 atom stereocenters. The van der Waals surface area contributed by atoms with Crippen LogP contribution in [0.4, 0.5) is 4.79 Å². The lowest BCUT2D eigenvalue weighted by molar-refractivity contribution is 0.0656. The maximum atomic E-state index is 12.6. The van der Waals surface area contributed by atoms with Crippen LogP contribution in [0.15, 0.2) is 33.4 Å². The first-order chi connectivity index (χ1) is 11.7. The third kappa shape index (κ3) is 2.64. The van der Waals surface area contributed by atoms with Gasteiger partial charge in [-0.1, -0.05) is 5.16 Å². The summed E-state index contributed by atoms with van der Waals surface area (Å²) < 4.78 is 10.4. The fourth-order valence-electron chi connectivity index (χ4n) is 3.29. The van der Waals surface area contributed by atoms with Gasteiger partial charge in [0.2, 0.25) is 5.76 Å². The first-order valence-corrected chi connectivity index (χ1v) is 8.07. The van der Waals surface area contributed by atoms with E-state index in [0.29, 0.717) is 31.2 Å². The van der Waals surface area contributed by atoms with E-state index in [1.807, 2.05) is 4.90 Å². The number of carbonyl (C=O) groups is 2. The third-order valence-corrected chi connectivity index (χ3v) is 4.58. The average molecular weight is 330 g/mol. The second kappa shape index (κ2) is 6.03. The van der Waals surface area contributed by atoms with Crippen molar-refractivity contribution in [3.8, 4) is 11.5 Å². The highest BCUT2D eigenvalue weighted by Gasteiger charge is 2.32. The average Bonchev–Trinajstić information content (AvgIpc) is 3.35. The predicted molar refractivity (Wildman–Crippen MR) is 83.2 cm³/mol. The van der Waals surface area contributed by atoms with Crippen molar-refractivity contribution in [2.45, 2.75) is 18.9 Å². The van der Waals surface area contributed by atoms with Crippen molar-refractivity contribution >= 4 is 11.9 Å². The molecule has 0 spiro atoms. The Labute approximate surface area is 138 Å². The zero-order valence-electron chi connectivity index (χ0n) is 13.1. The number of piperidine rings is 1. The van der Waals surface area contributed by atoms with Crippen molar-refractivity contribution < 1.29 is 18.5 Å². The summed E-state index contributed by atoms with van der Waals surface area (Å²) in [6, 6.07) is 5.30. The smallest absolute Gasteiger partial charge is 0.317 e. The molecule has 126 valence electrons. The zero-order valence-corrected chi connectivity index (χ0v) is 13.1. The lowest BCUT2D eigenvalue weighted by Crippen LogP contribution is -2.47. The van der Waals surface area contributed by atoms with Gasteiger partial charge in [-0.2, -0.15) is 0 Å². The lowest BCUT2D eigenvalue weighted by atomic mass is 10.0. The SMILES string of the molecule is O=C(c1cc(-c2ccco2)on1)N1CCC(N2CCNC2=O)CC1. The maximum absolute atomic E-state index is 12.6. The second-order valence-corrected chi connectivity index (χ2v) is 6.00. The van der Waals surface area contributed by atoms with Gasteiger partial charge < -0.3 is 24.1 Å². The Balaban J connectivity index is 1.39. The number of urea groups is 1. The number of carbonyl (C=O) groups excluding carboxylic acids is 2. The number of hydrogen-bond donors (Lipinski definition) is 1. The molecular formula is C16H18N4O4. The van der Waals surface area contributed by atoms with E-state index in [0.717, 1.165) is 19.4 Å². The number of likely N-dealkylation sites (tertiary alicyclic amines) is 1. The summed E-state index contributed by atoms with van der Waals surface area (Å²) in [5.74, 6) is 0.827. The third-order valence-electron chi connectivity index (χ3n) is 4.58. The standard InChI is InChI=1S/C16H18N4O4/c21-15(12-10-14(24-18-12)13-2-1-9-23-13)19-6-3-11(4-7-19)20-8-5-17-16(20)22/h1-2,9-11H,3-8H2,(H,17,22). The molecule has 2 aromatic heterocycles. The summed E-state index contributed by atoms with van der Waals surface area (Å²) >= 11 is 0. The van der Waals surface area contributed by atoms with Crippen LogP contribution in [-0.4, -0.2) is 59.1 Å². The van der Waals surface area contributed by atoms with Crippen LogP contribution < -0.4 is 5.32 Å². The van der Waals surface area contributed by atoms with Crippen LogP contribution in [0.25, 0.3) is 11.5 Å². The number of furan rings is 1. The van der Waals surface area contributed by atoms with Gasteiger partial charge in [0, 0.05) is 38.3 Å². The summed E-state index contributed by atoms with van der Waals surface area (Å²) in [5.41, 5.74) is 0.277. The summed E-state index contributed by atoms with van der Waals surface area (Å²) in [6.07, 6.45) is 3.10. The van der Waals surface area contributed by atoms with Crippen molar-refractivity contribution in [1.82, 2.24) is 20.3 Å². The number of nitrogens with one attached hydrogen (secondary N) is 1. The molecule has 0 unspecified atom stereocenters. The van der Waals surface area contributed by atoms with Crippen LogP contribution in [0.1, 0.15) is 23.3 Å². The summed E-state index contributed by atoms with van der Waals surface area (Å²) in [6.45, 7) is 2.66. The van der Waals surface area contributed by atoms with Crippen molar-refractivity contribution in [1.29, 1.82) is 0 Å². The first-order valence-electron chi connectivity index (χ1n) is 8.07. The van der Waals surface area contributed by atoms with E-state index in [-0.39, 0.29) is 23.7 Å². The number of aromatic nitrogens is 1. The Morgan fingerprint density at radius 2 is 2.08 bits per heavy atom. The minimum absolute atomic E-state index is 0.000586. The van der Waals surface area contributed by atoms with Gasteiger partial charge in [0.05, 0.1) is 6.26 Å². The molecule has 0 radical (unpaired) electrons. The second-order valence-electron chi connectivity index (χ2n) is 6.00. The minimum Gasteiger partial charge on any atom is -0.461 e. The van der Waals surface area contributed by atoms with E-state index in [2.05, 4.69) is 10.5 Å². The fourth-order valence-corrected chi connectivity index (χ4v) is 3.29. The van der Waals surface area contributed by atoms with Crippen molar-refractivity contribution in [3.05, 3.63) is 30.2 Å². The molecule has 1 N–H and O–H groups in total. The molecule has 2 fully saturated rings. The molecule has 0 bridgehead atoms. The Kier molecular flexibility index (Phi) is 3.72. The normalized spacial score (nSPS) is 18.9. The van der Waals surface area contributed by atoms with Gasteiger partial charge in [0.1, 0.15) is 0 Å². The fraction of sp³-hybridized carbons (Fsp3) is 0.438. The van der Waals surface area contributed by atoms with E-state index in [1.165, 1.54) is 0 Å². The van der Waals surface area contributed by atoms with E-state index in [9.17, 15) is 9.59 Å².